The van der Waals surface area contributed by atoms with Gasteiger partial charge in [-0.2, -0.15) is 0 Å². The van der Waals surface area contributed by atoms with E-state index in [1.165, 1.54) is 21.7 Å². The van der Waals surface area contributed by atoms with Crippen molar-refractivity contribution in [3.8, 4) is 0 Å². The number of nitrogens with zero attached hydrogens (tertiary/aromatic N) is 1. The molecule has 1 atom stereocenters. The first-order valence-corrected chi connectivity index (χ1v) is 13.2. The zero-order chi connectivity index (χ0) is 25.2. The summed E-state index contributed by atoms with van der Waals surface area (Å²) in [7, 11) is -3.49. The SMILES string of the molecule is Cc1cc(C)c([C@H](C)NC(=O)c2ccc(CN(c3c(C)cccc3C)S(C)(=O)=O)cc2)cc1C. The van der Waals surface area contributed by atoms with Crippen LogP contribution in [-0.2, 0) is 16.6 Å². The number of carbonyl (C=O) groups excluding carboxylic acids is 1. The van der Waals surface area contributed by atoms with E-state index in [0.717, 1.165) is 27.8 Å². The normalized spacial score (nSPS) is 12.3. The van der Waals surface area contributed by atoms with E-state index in [4.69, 9.17) is 0 Å². The fourth-order valence-corrected chi connectivity index (χ4v) is 5.30. The van der Waals surface area contributed by atoms with Gasteiger partial charge < -0.3 is 5.32 Å². The highest BCUT2D eigenvalue weighted by molar-refractivity contribution is 7.92. The van der Waals surface area contributed by atoms with Gasteiger partial charge in [0, 0.05) is 5.56 Å². The van der Waals surface area contributed by atoms with E-state index >= 15 is 0 Å². The molecule has 0 bridgehead atoms. The van der Waals surface area contributed by atoms with Crippen LogP contribution in [0.1, 0.15) is 62.3 Å². The lowest BCUT2D eigenvalue weighted by Crippen LogP contribution is -2.30. The van der Waals surface area contributed by atoms with Gasteiger partial charge in [-0.15, -0.1) is 0 Å². The third-order valence-electron chi connectivity index (χ3n) is 6.33. The van der Waals surface area contributed by atoms with Crippen LogP contribution in [0.15, 0.2) is 54.6 Å². The van der Waals surface area contributed by atoms with E-state index in [1.807, 2.05) is 51.1 Å². The lowest BCUT2D eigenvalue weighted by molar-refractivity contribution is 0.0939. The minimum Gasteiger partial charge on any atom is -0.346 e. The molecule has 34 heavy (non-hydrogen) atoms. The smallest absolute Gasteiger partial charge is 0.251 e. The molecule has 3 aromatic carbocycles. The number of aryl methyl sites for hydroxylation is 5. The van der Waals surface area contributed by atoms with Crippen molar-refractivity contribution in [3.63, 3.8) is 0 Å². The number of sulfonamides is 1. The Kier molecular flexibility index (Phi) is 7.51. The number of rotatable bonds is 7. The molecule has 0 radical (unpaired) electrons. The third kappa shape index (κ3) is 5.68. The minimum absolute atomic E-state index is 0.128. The van der Waals surface area contributed by atoms with Crippen LogP contribution in [0.25, 0.3) is 0 Å². The molecule has 3 rings (SSSR count). The van der Waals surface area contributed by atoms with Crippen LogP contribution in [0, 0.1) is 34.6 Å². The zero-order valence-electron chi connectivity index (χ0n) is 21.1. The molecule has 5 nitrogen and oxygen atoms in total. The summed E-state index contributed by atoms with van der Waals surface area (Å²) in [5, 5.41) is 3.08. The molecule has 0 spiro atoms. The Hall–Kier alpha value is -3.12. The molecule has 0 heterocycles. The van der Waals surface area contributed by atoms with E-state index in [1.54, 1.807) is 12.1 Å². The summed E-state index contributed by atoms with van der Waals surface area (Å²) in [6.45, 7) is 12.2. The highest BCUT2D eigenvalue weighted by Gasteiger charge is 2.22. The number of nitrogens with one attached hydrogen (secondary N) is 1. The highest BCUT2D eigenvalue weighted by atomic mass is 32.2. The van der Waals surface area contributed by atoms with E-state index < -0.39 is 10.0 Å². The maximum absolute atomic E-state index is 12.9. The van der Waals surface area contributed by atoms with E-state index in [-0.39, 0.29) is 18.5 Å². The Morgan fingerprint density at radius 1 is 0.853 bits per heavy atom. The lowest BCUT2D eigenvalue weighted by atomic mass is 9.96. The van der Waals surface area contributed by atoms with Gasteiger partial charge in [-0.25, -0.2) is 8.42 Å². The van der Waals surface area contributed by atoms with Crippen LogP contribution in [0.3, 0.4) is 0 Å². The van der Waals surface area contributed by atoms with Crippen molar-refractivity contribution >= 4 is 21.6 Å². The first-order chi connectivity index (χ1) is 15.9. The van der Waals surface area contributed by atoms with E-state index in [9.17, 15) is 13.2 Å². The van der Waals surface area contributed by atoms with Gasteiger partial charge in [0.15, 0.2) is 0 Å². The van der Waals surface area contributed by atoms with Gasteiger partial charge in [0.05, 0.1) is 24.5 Å². The summed E-state index contributed by atoms with van der Waals surface area (Å²) in [5.41, 5.74) is 8.53. The predicted octanol–water partition coefficient (Wildman–Crippen LogP) is 5.69. The van der Waals surface area contributed by atoms with Gasteiger partial charge in [-0.1, -0.05) is 42.5 Å². The topological polar surface area (TPSA) is 66.5 Å². The number of hydrogen-bond acceptors (Lipinski definition) is 3. The average molecular weight is 479 g/mol. The molecule has 0 saturated carbocycles. The summed E-state index contributed by atoms with van der Waals surface area (Å²) in [5.74, 6) is -0.161. The highest BCUT2D eigenvalue weighted by Crippen LogP contribution is 2.28. The van der Waals surface area contributed by atoms with Crippen molar-refractivity contribution < 1.29 is 13.2 Å². The Morgan fingerprint density at radius 3 is 1.97 bits per heavy atom. The molecule has 0 aromatic heterocycles. The molecule has 6 heteroatoms. The second-order valence-electron chi connectivity index (χ2n) is 9.20. The third-order valence-corrected chi connectivity index (χ3v) is 7.44. The van der Waals surface area contributed by atoms with Gasteiger partial charge in [0.1, 0.15) is 0 Å². The molecule has 0 fully saturated rings. The van der Waals surface area contributed by atoms with Gasteiger partial charge in [-0.3, -0.25) is 9.10 Å². The van der Waals surface area contributed by atoms with Crippen LogP contribution < -0.4 is 9.62 Å². The van der Waals surface area contributed by atoms with Gasteiger partial charge >= 0.3 is 0 Å². The molecular weight excluding hydrogens is 444 g/mol. The summed E-state index contributed by atoms with van der Waals surface area (Å²) < 4.78 is 26.6. The standard InChI is InChI=1S/C28H34N2O3S/c1-18-9-8-10-19(2)27(18)30(34(7,32)33)17-24-11-13-25(14-12-24)28(31)29-23(6)26-16-21(4)20(3)15-22(26)5/h8-16,23H,17H2,1-7H3,(H,29,31)/t23-/m0/s1. The van der Waals surface area contributed by atoms with Gasteiger partial charge in [0.25, 0.3) is 5.91 Å². The van der Waals surface area contributed by atoms with Gasteiger partial charge in [0.2, 0.25) is 10.0 Å². The van der Waals surface area contributed by atoms with Crippen molar-refractivity contribution in [1.82, 2.24) is 5.32 Å². The molecule has 0 aliphatic heterocycles. The maximum Gasteiger partial charge on any atom is 0.251 e. The fourth-order valence-electron chi connectivity index (χ4n) is 4.30. The number of anilines is 1. The van der Waals surface area contributed by atoms with Crippen LogP contribution in [0.2, 0.25) is 0 Å². The number of carbonyl (C=O) groups is 1. The van der Waals surface area contributed by atoms with Crippen LogP contribution in [0.4, 0.5) is 5.69 Å². The van der Waals surface area contributed by atoms with Crippen LogP contribution >= 0.6 is 0 Å². The fraction of sp³-hybridized carbons (Fsp3) is 0.321. The molecule has 1 N–H and O–H groups in total. The molecule has 180 valence electrons. The average Bonchev–Trinajstić information content (AvgIpc) is 2.75. The quantitative estimate of drug-likeness (QED) is 0.475. The Morgan fingerprint density at radius 2 is 1.41 bits per heavy atom. The molecule has 0 aliphatic carbocycles. The first kappa shape index (κ1) is 25.5. The molecule has 0 unspecified atom stereocenters. The number of hydrogen-bond donors (Lipinski definition) is 1. The Labute approximate surface area is 203 Å². The van der Waals surface area contributed by atoms with Crippen molar-refractivity contribution in [2.24, 2.45) is 0 Å². The lowest BCUT2D eigenvalue weighted by Gasteiger charge is -2.26. The second kappa shape index (κ2) is 10.0. The van der Waals surface area contributed by atoms with Crippen LogP contribution in [-0.4, -0.2) is 20.6 Å². The zero-order valence-corrected chi connectivity index (χ0v) is 21.9. The number of amides is 1. The summed E-state index contributed by atoms with van der Waals surface area (Å²) in [6, 6.07) is 17.0. The monoisotopic (exact) mass is 478 g/mol. The summed E-state index contributed by atoms with van der Waals surface area (Å²) >= 11 is 0. The Balaban J connectivity index is 1.79. The minimum atomic E-state index is -3.49. The second-order valence-corrected chi connectivity index (χ2v) is 11.1. The molecule has 0 saturated heterocycles. The van der Waals surface area contributed by atoms with Crippen molar-refractivity contribution in [3.05, 3.63) is 99.1 Å². The number of para-hydroxylation sites is 1. The predicted molar refractivity (Wildman–Crippen MR) is 140 cm³/mol. The molecule has 3 aromatic rings. The molecule has 1 amide bonds. The molecular formula is C28H34N2O3S. The van der Waals surface area contributed by atoms with Crippen molar-refractivity contribution in [2.75, 3.05) is 10.6 Å². The van der Waals surface area contributed by atoms with E-state index in [0.29, 0.717) is 11.3 Å². The summed E-state index contributed by atoms with van der Waals surface area (Å²) in [6.07, 6.45) is 1.22. The first-order valence-electron chi connectivity index (χ1n) is 11.4. The maximum atomic E-state index is 12.9. The van der Waals surface area contributed by atoms with Gasteiger partial charge in [-0.05, 0) is 92.6 Å². The van der Waals surface area contributed by atoms with E-state index in [2.05, 4.69) is 38.2 Å². The summed E-state index contributed by atoms with van der Waals surface area (Å²) in [4.78, 5) is 12.9. The molecule has 0 aliphatic rings. The number of benzene rings is 3. The Bertz CT molecular complexity index is 1290. The largest absolute Gasteiger partial charge is 0.346 e. The van der Waals surface area contributed by atoms with Crippen molar-refractivity contribution in [2.45, 2.75) is 54.1 Å². The van der Waals surface area contributed by atoms with Crippen molar-refractivity contribution in [1.29, 1.82) is 0 Å². The van der Waals surface area contributed by atoms with Crippen LogP contribution in [0.5, 0.6) is 0 Å².